The number of nitrogens with zero attached hydrogens (tertiary/aromatic N) is 1. The average molecular weight is 240 g/mol. The molecule has 0 aromatic carbocycles. The van der Waals surface area contributed by atoms with Crippen molar-refractivity contribution in [1.82, 2.24) is 4.98 Å². The number of carbonyl (C=O) groups is 1. The minimum atomic E-state index is -0.809. The average Bonchev–Trinajstić information content (AvgIpc) is 2.25. The molecule has 0 radical (unpaired) electrons. The van der Waals surface area contributed by atoms with Crippen molar-refractivity contribution in [3.05, 3.63) is 23.8 Å². The highest BCUT2D eigenvalue weighted by molar-refractivity contribution is 5.95. The Hall–Kier alpha value is -1.65. The van der Waals surface area contributed by atoms with Gasteiger partial charge in [-0.3, -0.25) is 0 Å². The van der Waals surface area contributed by atoms with Gasteiger partial charge in [0.2, 0.25) is 5.95 Å². The lowest BCUT2D eigenvalue weighted by Gasteiger charge is -2.14. The SMILES string of the molecule is CCCOC(=O)c1c(NC(C)C)ccnc1F. The van der Waals surface area contributed by atoms with Gasteiger partial charge in [0.05, 0.1) is 12.3 Å². The normalized spacial score (nSPS) is 10.4. The van der Waals surface area contributed by atoms with Crippen LogP contribution in [0.5, 0.6) is 0 Å². The van der Waals surface area contributed by atoms with Crippen LogP contribution < -0.4 is 5.32 Å². The molecular formula is C12H17FN2O2. The van der Waals surface area contributed by atoms with Crippen LogP contribution in [0.4, 0.5) is 10.1 Å². The lowest BCUT2D eigenvalue weighted by molar-refractivity contribution is 0.0500. The van der Waals surface area contributed by atoms with Crippen molar-refractivity contribution in [2.45, 2.75) is 33.2 Å². The summed E-state index contributed by atoms with van der Waals surface area (Å²) in [7, 11) is 0. The van der Waals surface area contributed by atoms with Crippen molar-refractivity contribution < 1.29 is 13.9 Å². The number of aromatic nitrogens is 1. The van der Waals surface area contributed by atoms with Gasteiger partial charge in [-0.25, -0.2) is 9.78 Å². The second-order valence-corrected chi connectivity index (χ2v) is 3.96. The predicted octanol–water partition coefficient (Wildman–Crippen LogP) is 2.61. The van der Waals surface area contributed by atoms with Crippen molar-refractivity contribution in [2.24, 2.45) is 0 Å². The van der Waals surface area contributed by atoms with E-state index in [0.29, 0.717) is 12.1 Å². The fourth-order valence-electron chi connectivity index (χ4n) is 1.33. The van der Waals surface area contributed by atoms with Gasteiger partial charge in [0, 0.05) is 12.2 Å². The summed E-state index contributed by atoms with van der Waals surface area (Å²) >= 11 is 0. The highest BCUT2D eigenvalue weighted by atomic mass is 19.1. The number of anilines is 1. The summed E-state index contributed by atoms with van der Waals surface area (Å²) in [5.41, 5.74) is 0.281. The van der Waals surface area contributed by atoms with Crippen LogP contribution >= 0.6 is 0 Å². The van der Waals surface area contributed by atoms with Gasteiger partial charge in [0.1, 0.15) is 5.56 Å². The Morgan fingerprint density at radius 2 is 2.29 bits per heavy atom. The molecule has 1 aromatic heterocycles. The Balaban J connectivity index is 2.98. The molecule has 0 aliphatic carbocycles. The van der Waals surface area contributed by atoms with Gasteiger partial charge in [-0.05, 0) is 26.3 Å². The van der Waals surface area contributed by atoms with Crippen molar-refractivity contribution in [3.63, 3.8) is 0 Å². The quantitative estimate of drug-likeness (QED) is 0.635. The molecule has 0 atom stereocenters. The summed E-state index contributed by atoms with van der Waals surface area (Å²) < 4.78 is 18.4. The topological polar surface area (TPSA) is 51.2 Å². The second-order valence-electron chi connectivity index (χ2n) is 3.96. The van der Waals surface area contributed by atoms with Gasteiger partial charge >= 0.3 is 5.97 Å². The molecule has 1 rings (SSSR count). The number of nitrogens with one attached hydrogen (secondary N) is 1. The van der Waals surface area contributed by atoms with Gasteiger partial charge in [0.15, 0.2) is 0 Å². The van der Waals surface area contributed by atoms with Crippen molar-refractivity contribution in [1.29, 1.82) is 0 Å². The van der Waals surface area contributed by atoms with E-state index in [-0.39, 0.29) is 18.2 Å². The molecule has 94 valence electrons. The molecular weight excluding hydrogens is 223 g/mol. The third kappa shape index (κ3) is 3.69. The summed E-state index contributed by atoms with van der Waals surface area (Å²) in [5.74, 6) is -1.49. The maximum atomic E-state index is 13.5. The predicted molar refractivity (Wildman–Crippen MR) is 63.5 cm³/mol. The highest BCUT2D eigenvalue weighted by Gasteiger charge is 2.19. The number of rotatable bonds is 5. The van der Waals surface area contributed by atoms with E-state index in [1.165, 1.54) is 6.20 Å². The fourth-order valence-corrected chi connectivity index (χ4v) is 1.33. The van der Waals surface area contributed by atoms with Crippen LogP contribution in [-0.2, 0) is 4.74 Å². The van der Waals surface area contributed by atoms with Crippen LogP contribution in [0.2, 0.25) is 0 Å². The number of pyridine rings is 1. The van der Waals surface area contributed by atoms with E-state index in [1.54, 1.807) is 6.07 Å². The van der Waals surface area contributed by atoms with Gasteiger partial charge in [-0.1, -0.05) is 6.92 Å². The summed E-state index contributed by atoms with van der Waals surface area (Å²) in [5, 5.41) is 2.99. The summed E-state index contributed by atoms with van der Waals surface area (Å²) in [6.07, 6.45) is 2.01. The Morgan fingerprint density at radius 1 is 1.59 bits per heavy atom. The first-order valence-electron chi connectivity index (χ1n) is 5.64. The van der Waals surface area contributed by atoms with E-state index in [4.69, 9.17) is 4.74 Å². The molecule has 0 spiro atoms. The smallest absolute Gasteiger partial charge is 0.344 e. The number of hydrogen-bond donors (Lipinski definition) is 1. The molecule has 5 heteroatoms. The second kappa shape index (κ2) is 6.18. The molecule has 1 aromatic rings. The molecule has 0 amide bonds. The van der Waals surface area contributed by atoms with Crippen molar-refractivity contribution >= 4 is 11.7 Å². The molecule has 0 bridgehead atoms. The van der Waals surface area contributed by atoms with Crippen molar-refractivity contribution in [3.8, 4) is 0 Å². The largest absolute Gasteiger partial charge is 0.462 e. The molecule has 0 fully saturated rings. The van der Waals surface area contributed by atoms with E-state index in [0.717, 1.165) is 0 Å². The third-order valence-electron chi connectivity index (χ3n) is 1.99. The lowest BCUT2D eigenvalue weighted by atomic mass is 10.2. The fraction of sp³-hybridized carbons (Fsp3) is 0.500. The monoisotopic (exact) mass is 240 g/mol. The number of ether oxygens (including phenoxy) is 1. The number of halogens is 1. The van der Waals surface area contributed by atoms with Crippen LogP contribution in [0.3, 0.4) is 0 Å². The summed E-state index contributed by atoms with van der Waals surface area (Å²) in [6.45, 7) is 5.95. The van der Waals surface area contributed by atoms with Gasteiger partial charge in [-0.2, -0.15) is 4.39 Å². The molecule has 1 N–H and O–H groups in total. The summed E-state index contributed by atoms with van der Waals surface area (Å²) in [6, 6.07) is 1.65. The standard InChI is InChI=1S/C12H17FN2O2/c1-4-7-17-12(16)10-9(15-8(2)3)5-6-14-11(10)13/h5-6,8H,4,7H2,1-3H3,(H,14,15). The van der Waals surface area contributed by atoms with E-state index < -0.39 is 11.9 Å². The van der Waals surface area contributed by atoms with Crippen molar-refractivity contribution in [2.75, 3.05) is 11.9 Å². The first-order valence-corrected chi connectivity index (χ1v) is 5.64. The Labute approximate surface area is 100 Å². The molecule has 4 nitrogen and oxygen atoms in total. The minimum absolute atomic E-state index is 0.0922. The molecule has 1 heterocycles. The highest BCUT2D eigenvalue weighted by Crippen LogP contribution is 2.19. The number of esters is 1. The number of carbonyl (C=O) groups excluding carboxylic acids is 1. The maximum Gasteiger partial charge on any atom is 0.344 e. The Bertz CT molecular complexity index is 394. The van der Waals surface area contributed by atoms with E-state index in [9.17, 15) is 9.18 Å². The van der Waals surface area contributed by atoms with Crippen LogP contribution in [0, 0.1) is 5.95 Å². The van der Waals surface area contributed by atoms with Gasteiger partial charge < -0.3 is 10.1 Å². The van der Waals surface area contributed by atoms with Crippen LogP contribution in [0.15, 0.2) is 12.3 Å². The first-order chi connectivity index (χ1) is 8.06. The van der Waals surface area contributed by atoms with E-state index in [1.807, 2.05) is 20.8 Å². The van der Waals surface area contributed by atoms with Crippen LogP contribution in [0.1, 0.15) is 37.6 Å². The zero-order chi connectivity index (χ0) is 12.8. The lowest BCUT2D eigenvalue weighted by Crippen LogP contribution is -2.17. The Morgan fingerprint density at radius 3 is 2.88 bits per heavy atom. The van der Waals surface area contributed by atoms with Gasteiger partial charge in [-0.15, -0.1) is 0 Å². The molecule has 0 unspecified atom stereocenters. The molecule has 17 heavy (non-hydrogen) atoms. The zero-order valence-electron chi connectivity index (χ0n) is 10.3. The maximum absolute atomic E-state index is 13.5. The molecule has 0 saturated heterocycles. The first kappa shape index (κ1) is 13.4. The summed E-state index contributed by atoms with van der Waals surface area (Å²) in [4.78, 5) is 15.2. The molecule has 0 aliphatic heterocycles. The van der Waals surface area contributed by atoms with E-state index in [2.05, 4.69) is 10.3 Å². The zero-order valence-corrected chi connectivity index (χ0v) is 10.3. The molecule has 0 aliphatic rings. The van der Waals surface area contributed by atoms with E-state index >= 15 is 0 Å². The minimum Gasteiger partial charge on any atom is -0.462 e. The van der Waals surface area contributed by atoms with Crippen LogP contribution in [-0.4, -0.2) is 23.6 Å². The van der Waals surface area contributed by atoms with Gasteiger partial charge in [0.25, 0.3) is 0 Å². The number of hydrogen-bond acceptors (Lipinski definition) is 4. The molecule has 0 saturated carbocycles. The Kier molecular flexibility index (Phi) is 4.87. The van der Waals surface area contributed by atoms with Crippen LogP contribution in [0.25, 0.3) is 0 Å². The third-order valence-corrected chi connectivity index (χ3v) is 1.99.